The number of unbranched alkanes of at least 4 members (excludes halogenated alkanes) is 7. The maximum Gasteiger partial charge on any atom is 0.383 e. The molecule has 0 unspecified atom stereocenters. The third-order valence-corrected chi connectivity index (χ3v) is 6.17. The summed E-state index contributed by atoms with van der Waals surface area (Å²) in [6, 6.07) is 5.62. The van der Waals surface area contributed by atoms with Crippen LogP contribution in [-0.4, -0.2) is 19.3 Å². The molecule has 37 heavy (non-hydrogen) atoms. The van der Waals surface area contributed by atoms with E-state index in [4.69, 9.17) is 18.6 Å². The Morgan fingerprint density at radius 1 is 0.919 bits per heavy atom. The molecule has 0 bridgehead atoms. The van der Waals surface area contributed by atoms with E-state index in [2.05, 4.69) is 33.8 Å². The molecule has 0 saturated heterocycles. The van der Waals surface area contributed by atoms with Gasteiger partial charge in [0.1, 0.15) is 6.61 Å². The quantitative estimate of drug-likeness (QED) is 0.113. The van der Waals surface area contributed by atoms with Crippen molar-refractivity contribution in [3.8, 4) is 17.2 Å². The molecule has 0 N–H and O–H groups in total. The molecule has 0 amide bonds. The maximum absolute atomic E-state index is 13.0. The molecule has 0 spiro atoms. The monoisotopic (exact) mass is 512 g/mol. The zero-order valence-electron chi connectivity index (χ0n) is 24.0. The lowest BCUT2D eigenvalue weighted by Crippen LogP contribution is -2.14. The minimum Gasteiger partial charge on any atom is -0.490 e. The lowest BCUT2D eigenvalue weighted by molar-refractivity contribution is 0.224. The van der Waals surface area contributed by atoms with E-state index in [0.717, 1.165) is 25.7 Å². The van der Waals surface area contributed by atoms with E-state index in [1.54, 1.807) is 0 Å². The molecule has 0 radical (unpaired) electrons. The number of hydrogen-bond acceptors (Lipinski definition) is 5. The van der Waals surface area contributed by atoms with Crippen LogP contribution in [0, 0.1) is 0 Å². The van der Waals surface area contributed by atoms with Crippen LogP contribution in [0.3, 0.4) is 0 Å². The SMILES string of the molecule is CCCCCCCCCCOc1cccc2c(OC(C)C)c(OC/C=C(\C)CCC=C(C)C)c(=O)oc12. The maximum atomic E-state index is 13.0. The van der Waals surface area contributed by atoms with E-state index in [-0.39, 0.29) is 18.5 Å². The van der Waals surface area contributed by atoms with Crippen LogP contribution in [0.2, 0.25) is 0 Å². The van der Waals surface area contributed by atoms with Gasteiger partial charge in [-0.1, -0.05) is 75.2 Å². The number of fused-ring (bicyclic) bond motifs is 1. The molecule has 5 heteroatoms. The first-order chi connectivity index (χ1) is 17.8. The summed E-state index contributed by atoms with van der Waals surface area (Å²) in [5.74, 6) is 1.08. The van der Waals surface area contributed by atoms with Crippen LogP contribution in [0.1, 0.15) is 106 Å². The van der Waals surface area contributed by atoms with Gasteiger partial charge in [0.05, 0.1) is 18.1 Å². The largest absolute Gasteiger partial charge is 0.490 e. The normalized spacial score (nSPS) is 11.7. The van der Waals surface area contributed by atoms with Crippen molar-refractivity contribution < 1.29 is 18.6 Å². The van der Waals surface area contributed by atoms with Gasteiger partial charge in [0.25, 0.3) is 0 Å². The summed E-state index contributed by atoms with van der Waals surface area (Å²) in [5.41, 5.74) is 2.38. The van der Waals surface area contributed by atoms with Crippen LogP contribution in [0.25, 0.3) is 11.0 Å². The molecular formula is C32H48O5. The highest BCUT2D eigenvalue weighted by atomic mass is 16.5. The molecule has 0 aliphatic carbocycles. The lowest BCUT2D eigenvalue weighted by Gasteiger charge is -2.17. The van der Waals surface area contributed by atoms with Crippen molar-refractivity contribution in [2.75, 3.05) is 13.2 Å². The van der Waals surface area contributed by atoms with Crippen molar-refractivity contribution in [3.05, 3.63) is 51.9 Å². The summed E-state index contributed by atoms with van der Waals surface area (Å²) in [7, 11) is 0. The Hall–Kier alpha value is -2.69. The van der Waals surface area contributed by atoms with Crippen molar-refractivity contribution in [2.24, 2.45) is 0 Å². The minimum absolute atomic E-state index is 0.106. The summed E-state index contributed by atoms with van der Waals surface area (Å²) >= 11 is 0. The summed E-state index contributed by atoms with van der Waals surface area (Å²) < 4.78 is 23.7. The van der Waals surface area contributed by atoms with Crippen LogP contribution >= 0.6 is 0 Å². The Labute approximate surface area is 223 Å². The second-order valence-corrected chi connectivity index (χ2v) is 10.4. The molecule has 0 atom stereocenters. The van der Waals surface area contributed by atoms with Gasteiger partial charge in [0.15, 0.2) is 17.1 Å². The second-order valence-electron chi connectivity index (χ2n) is 10.4. The fourth-order valence-corrected chi connectivity index (χ4v) is 4.12. The van der Waals surface area contributed by atoms with Crippen LogP contribution in [0.15, 0.2) is 50.7 Å². The standard InChI is InChI=1S/C32H48O5/c1-7-8-9-10-11-12-13-14-22-34-28-20-16-19-27-29(28)37-32(33)31(30(27)36-25(4)5)35-23-21-26(6)18-15-17-24(2)3/h16-17,19-21,25H,7-15,18,22-23H2,1-6H3/b26-21+. The smallest absolute Gasteiger partial charge is 0.383 e. The molecule has 1 heterocycles. The third kappa shape index (κ3) is 11.1. The molecule has 0 aliphatic rings. The zero-order valence-corrected chi connectivity index (χ0v) is 24.0. The first kappa shape index (κ1) is 30.5. The fourth-order valence-electron chi connectivity index (χ4n) is 4.12. The highest BCUT2D eigenvalue weighted by molar-refractivity contribution is 5.89. The van der Waals surface area contributed by atoms with Crippen molar-refractivity contribution in [1.29, 1.82) is 0 Å². The van der Waals surface area contributed by atoms with Crippen molar-refractivity contribution in [3.63, 3.8) is 0 Å². The summed E-state index contributed by atoms with van der Waals surface area (Å²) in [6.45, 7) is 13.3. The van der Waals surface area contributed by atoms with Gasteiger partial charge in [-0.3, -0.25) is 0 Å². The first-order valence-corrected chi connectivity index (χ1v) is 14.1. The Morgan fingerprint density at radius 2 is 1.62 bits per heavy atom. The molecule has 1 aromatic heterocycles. The zero-order chi connectivity index (χ0) is 27.0. The Balaban J connectivity index is 2.09. The third-order valence-electron chi connectivity index (χ3n) is 6.17. The molecule has 2 rings (SSSR count). The number of para-hydroxylation sites is 1. The minimum atomic E-state index is -0.554. The molecule has 2 aromatic rings. The van der Waals surface area contributed by atoms with Gasteiger partial charge < -0.3 is 18.6 Å². The van der Waals surface area contributed by atoms with E-state index >= 15 is 0 Å². The number of hydrogen-bond donors (Lipinski definition) is 0. The fraction of sp³-hybridized carbons (Fsp3) is 0.594. The van der Waals surface area contributed by atoms with Gasteiger partial charge in [-0.25, -0.2) is 4.79 Å². The molecule has 0 aliphatic heterocycles. The molecular weight excluding hydrogens is 464 g/mol. The number of allylic oxidation sites excluding steroid dienone is 3. The highest BCUT2D eigenvalue weighted by Crippen LogP contribution is 2.37. The highest BCUT2D eigenvalue weighted by Gasteiger charge is 2.21. The van der Waals surface area contributed by atoms with Crippen molar-refractivity contribution >= 4 is 11.0 Å². The number of ether oxygens (including phenoxy) is 3. The van der Waals surface area contributed by atoms with E-state index in [9.17, 15) is 4.79 Å². The number of rotatable bonds is 18. The predicted octanol–water partition coefficient (Wildman–Crippen LogP) is 9.17. The molecule has 5 nitrogen and oxygen atoms in total. The molecule has 206 valence electrons. The van der Waals surface area contributed by atoms with E-state index in [0.29, 0.717) is 29.1 Å². The lowest BCUT2D eigenvalue weighted by atomic mass is 10.1. The van der Waals surface area contributed by atoms with E-state index < -0.39 is 5.63 Å². The van der Waals surface area contributed by atoms with Crippen LogP contribution in [-0.2, 0) is 0 Å². The van der Waals surface area contributed by atoms with E-state index in [1.165, 1.54) is 49.7 Å². The van der Waals surface area contributed by atoms with Gasteiger partial charge in [0, 0.05) is 0 Å². The topological polar surface area (TPSA) is 57.9 Å². The van der Waals surface area contributed by atoms with Gasteiger partial charge in [-0.2, -0.15) is 0 Å². The average molecular weight is 513 g/mol. The molecule has 1 aromatic carbocycles. The molecule has 0 fully saturated rings. The first-order valence-electron chi connectivity index (χ1n) is 14.1. The van der Waals surface area contributed by atoms with Crippen LogP contribution in [0.4, 0.5) is 0 Å². The molecule has 0 saturated carbocycles. The Kier molecular flexibility index (Phi) is 14.0. The van der Waals surface area contributed by atoms with Crippen molar-refractivity contribution in [1.82, 2.24) is 0 Å². The van der Waals surface area contributed by atoms with Crippen molar-refractivity contribution in [2.45, 2.75) is 112 Å². The Bertz CT molecular complexity index is 1060. The predicted molar refractivity (Wildman–Crippen MR) is 154 cm³/mol. The van der Waals surface area contributed by atoms with Gasteiger partial charge in [-0.05, 0) is 72.1 Å². The second kappa shape index (κ2) is 16.9. The average Bonchev–Trinajstić information content (AvgIpc) is 2.84. The summed E-state index contributed by atoms with van der Waals surface area (Å²) in [6.07, 6.45) is 15.9. The van der Waals surface area contributed by atoms with E-state index in [1.807, 2.05) is 38.1 Å². The summed E-state index contributed by atoms with van der Waals surface area (Å²) in [5, 5.41) is 0.681. The van der Waals surface area contributed by atoms with Gasteiger partial charge in [-0.15, -0.1) is 0 Å². The van der Waals surface area contributed by atoms with Crippen LogP contribution < -0.4 is 19.8 Å². The van der Waals surface area contributed by atoms with Gasteiger partial charge in [0.2, 0.25) is 5.75 Å². The Morgan fingerprint density at radius 3 is 2.30 bits per heavy atom. The summed E-state index contributed by atoms with van der Waals surface area (Å²) in [4.78, 5) is 13.0. The number of benzene rings is 1. The van der Waals surface area contributed by atoms with Gasteiger partial charge >= 0.3 is 5.63 Å². The van der Waals surface area contributed by atoms with Crippen LogP contribution in [0.5, 0.6) is 17.2 Å².